The Balaban J connectivity index is 1.60. The molecule has 0 aliphatic carbocycles. The second-order valence-electron chi connectivity index (χ2n) is 14.3. The highest BCUT2D eigenvalue weighted by Gasteiger charge is 2.31. The van der Waals surface area contributed by atoms with Crippen molar-refractivity contribution in [1.82, 2.24) is 25.8 Å². The lowest BCUT2D eigenvalue weighted by Crippen LogP contribution is -2.54. The quantitative estimate of drug-likeness (QED) is 0.0700. The Kier molecular flexibility index (Phi) is 17.1. The number of rotatable bonds is 22. The zero-order valence-corrected chi connectivity index (χ0v) is 32.5. The van der Waals surface area contributed by atoms with Crippen LogP contribution >= 0.6 is 11.8 Å². The maximum absolute atomic E-state index is 14.9. The molecule has 0 spiro atoms. The fraction of sp³-hybridized carbons (Fsp3) is 0.421. The van der Waals surface area contributed by atoms with E-state index in [2.05, 4.69) is 21.3 Å². The van der Waals surface area contributed by atoms with Gasteiger partial charge in [0.05, 0.1) is 18.6 Å². The van der Waals surface area contributed by atoms with Gasteiger partial charge in [-0.1, -0.05) is 51.1 Å². The smallest absolute Gasteiger partial charge is 0.328 e. The summed E-state index contributed by atoms with van der Waals surface area (Å²) in [5.74, 6) is -8.12. The van der Waals surface area contributed by atoms with Crippen molar-refractivity contribution in [2.45, 2.75) is 69.6 Å². The van der Waals surface area contributed by atoms with E-state index >= 15 is 0 Å². The van der Waals surface area contributed by atoms with Gasteiger partial charge in [0.25, 0.3) is 0 Å². The number of carbonyl (C=O) groups is 6. The third-order valence-corrected chi connectivity index (χ3v) is 9.99. The van der Waals surface area contributed by atoms with Crippen molar-refractivity contribution in [3.8, 4) is 11.1 Å². The van der Waals surface area contributed by atoms with Crippen LogP contribution in [0.2, 0.25) is 0 Å². The van der Waals surface area contributed by atoms with Gasteiger partial charge in [-0.2, -0.15) is 0 Å². The molecule has 0 fully saturated rings. The number of thioether (sulfide) groups is 1. The number of hydrogen-bond acceptors (Lipinski definition) is 10. The van der Waals surface area contributed by atoms with Crippen LogP contribution in [0.1, 0.15) is 50.9 Å². The van der Waals surface area contributed by atoms with Crippen LogP contribution in [-0.4, -0.2) is 104 Å². The van der Waals surface area contributed by atoms with Crippen LogP contribution in [0.15, 0.2) is 60.8 Å². The topological polar surface area (TPSA) is 268 Å². The van der Waals surface area contributed by atoms with Crippen LogP contribution in [0.4, 0.5) is 8.78 Å². The highest BCUT2D eigenvalue weighted by molar-refractivity contribution is 8.00. The molecule has 2 aromatic carbocycles. The fourth-order valence-electron chi connectivity index (χ4n) is 5.61. The Morgan fingerprint density at radius 2 is 1.54 bits per heavy atom. The first-order chi connectivity index (χ1) is 26.8. The first kappa shape index (κ1) is 46.0. The van der Waals surface area contributed by atoms with Crippen molar-refractivity contribution >= 4 is 47.4 Å². The number of carboxylic acids is 3. The molecule has 5 atom stereocenters. The number of aliphatic carboxylic acids is 3. The van der Waals surface area contributed by atoms with E-state index in [4.69, 9.17) is 16.6 Å². The van der Waals surface area contributed by atoms with E-state index in [9.17, 15) is 47.8 Å². The largest absolute Gasteiger partial charge is 0.480 e. The van der Waals surface area contributed by atoms with Crippen LogP contribution in [0.5, 0.6) is 0 Å². The van der Waals surface area contributed by atoms with Crippen molar-refractivity contribution in [1.29, 1.82) is 0 Å². The molecule has 310 valence electrons. The Hall–Kier alpha value is -5.37. The SMILES string of the molecule is CC(C)(C)[C@@H](NCC[C@H](N)C(=O)N[C@H](CNC(=O)CNC(=O)CC(SC[C@H](N)C(=O)O)C(=O)O)C(=O)O)c1cc(-c2cc(F)ccc2F)cn1Cc1ccccc1. The number of carbonyl (C=O) groups excluding carboxylic acids is 3. The van der Waals surface area contributed by atoms with E-state index in [-0.39, 0.29) is 30.3 Å². The van der Waals surface area contributed by atoms with E-state index in [1.807, 2.05) is 55.7 Å². The Labute approximate surface area is 332 Å². The molecule has 3 aromatic rings. The van der Waals surface area contributed by atoms with Crippen molar-refractivity contribution in [2.75, 3.05) is 25.4 Å². The maximum atomic E-state index is 14.9. The van der Waals surface area contributed by atoms with Gasteiger partial charge < -0.3 is 52.6 Å². The third kappa shape index (κ3) is 14.6. The number of carboxylic acid groups (broad SMARTS) is 3. The molecule has 3 amide bonds. The molecule has 0 bridgehead atoms. The van der Waals surface area contributed by atoms with Crippen LogP contribution < -0.4 is 32.7 Å². The molecular weight excluding hydrogens is 769 g/mol. The summed E-state index contributed by atoms with van der Waals surface area (Å²) >= 11 is 0.652. The molecule has 57 heavy (non-hydrogen) atoms. The monoisotopic (exact) mass is 817 g/mol. The number of aromatic nitrogens is 1. The predicted molar refractivity (Wildman–Crippen MR) is 208 cm³/mol. The first-order valence-electron chi connectivity index (χ1n) is 17.8. The minimum atomic E-state index is -1.59. The van der Waals surface area contributed by atoms with Gasteiger partial charge in [-0.05, 0) is 48.2 Å². The fourth-order valence-corrected chi connectivity index (χ4v) is 6.60. The van der Waals surface area contributed by atoms with Gasteiger partial charge in [0, 0.05) is 48.3 Å². The van der Waals surface area contributed by atoms with Crippen molar-refractivity contribution in [2.24, 2.45) is 16.9 Å². The summed E-state index contributed by atoms with van der Waals surface area (Å²) < 4.78 is 31.0. The molecule has 16 nitrogen and oxygen atoms in total. The second kappa shape index (κ2) is 21.2. The molecule has 0 aliphatic rings. The summed E-state index contributed by atoms with van der Waals surface area (Å²) in [7, 11) is 0. The number of hydrogen-bond donors (Lipinski definition) is 9. The Morgan fingerprint density at radius 1 is 0.860 bits per heavy atom. The Bertz CT molecular complexity index is 1890. The number of benzene rings is 2. The number of nitrogens with one attached hydrogen (secondary N) is 4. The van der Waals surface area contributed by atoms with Gasteiger partial charge in [-0.15, -0.1) is 11.8 Å². The van der Waals surface area contributed by atoms with Crippen LogP contribution in [-0.2, 0) is 35.3 Å². The summed E-state index contributed by atoms with van der Waals surface area (Å²) in [5.41, 5.74) is 13.4. The molecule has 1 unspecified atom stereocenters. The van der Waals surface area contributed by atoms with Gasteiger partial charge in [0.1, 0.15) is 29.0 Å². The number of nitrogens with zero attached hydrogens (tertiary/aromatic N) is 1. The van der Waals surface area contributed by atoms with Gasteiger partial charge in [0.15, 0.2) is 0 Å². The number of amides is 3. The molecule has 1 heterocycles. The summed E-state index contributed by atoms with van der Waals surface area (Å²) in [4.78, 5) is 71.8. The average molecular weight is 818 g/mol. The van der Waals surface area contributed by atoms with E-state index in [1.54, 1.807) is 12.3 Å². The molecule has 3 rings (SSSR count). The van der Waals surface area contributed by atoms with Crippen LogP contribution in [0.25, 0.3) is 11.1 Å². The lowest BCUT2D eigenvalue weighted by Gasteiger charge is -2.33. The lowest BCUT2D eigenvalue weighted by atomic mass is 9.84. The molecule has 11 N–H and O–H groups in total. The van der Waals surface area contributed by atoms with Gasteiger partial charge in [0.2, 0.25) is 17.7 Å². The summed E-state index contributed by atoms with van der Waals surface area (Å²) in [6.07, 6.45) is 1.23. The van der Waals surface area contributed by atoms with Gasteiger partial charge in [-0.25, -0.2) is 13.6 Å². The minimum Gasteiger partial charge on any atom is -0.480 e. The van der Waals surface area contributed by atoms with Crippen LogP contribution in [0.3, 0.4) is 0 Å². The zero-order chi connectivity index (χ0) is 42.4. The van der Waals surface area contributed by atoms with Gasteiger partial charge in [-0.3, -0.25) is 24.0 Å². The third-order valence-electron chi connectivity index (χ3n) is 8.67. The average Bonchev–Trinajstić information content (AvgIpc) is 3.55. The van der Waals surface area contributed by atoms with Crippen molar-refractivity contribution < 1.29 is 52.9 Å². The predicted octanol–water partition coefficient (Wildman–Crippen LogP) is 1.67. The number of halogens is 2. The molecule has 0 radical (unpaired) electrons. The first-order valence-corrected chi connectivity index (χ1v) is 18.9. The van der Waals surface area contributed by atoms with Crippen LogP contribution in [0, 0.1) is 17.0 Å². The van der Waals surface area contributed by atoms with E-state index < -0.39 is 95.6 Å². The van der Waals surface area contributed by atoms with Crippen molar-refractivity contribution in [3.63, 3.8) is 0 Å². The number of nitrogens with two attached hydrogens (primary N) is 2. The minimum absolute atomic E-state index is 0.0613. The second-order valence-corrected chi connectivity index (χ2v) is 15.6. The zero-order valence-electron chi connectivity index (χ0n) is 31.7. The Morgan fingerprint density at radius 3 is 2.16 bits per heavy atom. The maximum Gasteiger partial charge on any atom is 0.328 e. The molecule has 0 aliphatic heterocycles. The van der Waals surface area contributed by atoms with E-state index in [0.717, 1.165) is 29.5 Å². The standard InChI is InChI=1S/C38H49F2N7O9S/c1-38(2,3)33(29-13-22(24-14-23(39)9-10-25(24)40)19-47(29)18-21-7-5-4-6-8-21)43-12-11-26(41)34(50)46-28(36(53)54)16-44-32(49)17-45-31(48)15-30(37(55)56)57-20-27(42)35(51)52/h4-10,13-14,19,26-28,30,33,43H,11-12,15-18,20,41-42H2,1-3H3,(H,44,49)(H,45,48)(H,46,50)(H,51,52)(H,53,54)(H,55,56)/t26-,27-,28+,30?,33-/m0/s1. The summed E-state index contributed by atoms with van der Waals surface area (Å²) in [6.45, 7) is 5.38. The molecule has 19 heteroatoms. The van der Waals surface area contributed by atoms with E-state index in [1.165, 1.54) is 0 Å². The van der Waals surface area contributed by atoms with Gasteiger partial charge >= 0.3 is 17.9 Å². The molecular formula is C38H49F2N7O9S. The molecule has 0 saturated carbocycles. The summed E-state index contributed by atoms with van der Waals surface area (Å²) in [6, 6.07) is 10.1. The molecule has 1 aromatic heterocycles. The highest BCUT2D eigenvalue weighted by Crippen LogP contribution is 2.37. The normalized spacial score (nSPS) is 14.1. The highest BCUT2D eigenvalue weighted by atomic mass is 32.2. The van der Waals surface area contributed by atoms with E-state index in [0.29, 0.717) is 23.9 Å². The lowest BCUT2D eigenvalue weighted by molar-refractivity contribution is -0.142. The van der Waals surface area contributed by atoms with Crippen molar-refractivity contribution in [3.05, 3.63) is 83.7 Å². The summed E-state index contributed by atoms with van der Waals surface area (Å²) in [5, 5.41) is 36.7. The molecule has 0 saturated heterocycles.